The van der Waals surface area contributed by atoms with Crippen LogP contribution in [-0.2, 0) is 0 Å². The third-order valence-corrected chi connectivity index (χ3v) is 1.96. The summed E-state index contributed by atoms with van der Waals surface area (Å²) in [6.07, 6.45) is 0. The Balaban J connectivity index is 3.64. The molecule has 0 aliphatic rings. The number of nitro groups is 2. The highest BCUT2D eigenvalue weighted by Gasteiger charge is 2.32. The molecule has 0 atom stereocenters. The Hall–Kier alpha value is -2.98. The van der Waals surface area contributed by atoms with E-state index in [0.717, 1.165) is 6.07 Å². The van der Waals surface area contributed by atoms with Gasteiger partial charge in [-0.25, -0.2) is 0 Å². The van der Waals surface area contributed by atoms with Crippen molar-refractivity contribution in [3.05, 3.63) is 48.0 Å². The van der Waals surface area contributed by atoms with Gasteiger partial charge in [-0.3, -0.25) is 20.2 Å². The normalized spacial score (nSPS) is 11.1. The Bertz CT molecular complexity index is 568. The second-order valence-electron chi connectivity index (χ2n) is 3.05. The number of nitro benzene ring substituents is 2. The summed E-state index contributed by atoms with van der Waals surface area (Å²) in [5.74, 6) is 0. The number of hydrogen-bond donors (Lipinski definition) is 0. The van der Waals surface area contributed by atoms with Gasteiger partial charge >= 0.3 is 11.4 Å². The lowest BCUT2D eigenvalue weighted by molar-refractivity contribution is -0.533. The first kappa shape index (κ1) is 13.1. The van der Waals surface area contributed by atoms with Crippen LogP contribution in [0, 0.1) is 37.3 Å². The van der Waals surface area contributed by atoms with Crippen LogP contribution in [0.4, 0.5) is 17.1 Å². The van der Waals surface area contributed by atoms with E-state index in [1.165, 1.54) is 13.0 Å². The van der Waals surface area contributed by atoms with Gasteiger partial charge in [0.2, 0.25) is 5.69 Å². The Morgan fingerprint density at radius 1 is 1.06 bits per heavy atom. The number of benzene rings is 1. The third-order valence-electron chi connectivity index (χ3n) is 1.96. The Morgan fingerprint density at radius 3 is 2.06 bits per heavy atom. The zero-order valence-corrected chi connectivity index (χ0v) is 8.84. The summed E-state index contributed by atoms with van der Waals surface area (Å²) in [7, 11) is 0. The lowest BCUT2D eigenvalue weighted by Crippen LogP contribution is -2.00. The predicted octanol–water partition coefficient (Wildman–Crippen LogP) is 2.09. The van der Waals surface area contributed by atoms with Gasteiger partial charge in [-0.2, -0.15) is 0 Å². The number of aryl methyl sites for hydroxylation is 1. The molecule has 0 fully saturated rings. The molecule has 11 nitrogen and oxygen atoms in total. The summed E-state index contributed by atoms with van der Waals surface area (Å²) in [6, 6.07) is 2.18. The van der Waals surface area contributed by atoms with Gasteiger partial charge < -0.3 is 5.21 Å². The number of hydrogen-bond acceptors (Lipinski definition) is 7. The summed E-state index contributed by atoms with van der Waals surface area (Å²) >= 11 is 0. The van der Waals surface area contributed by atoms with Crippen LogP contribution in [0.15, 0.2) is 22.5 Å². The highest BCUT2D eigenvalue weighted by molar-refractivity contribution is 5.71. The lowest BCUT2D eigenvalue weighted by atomic mass is 10.1. The van der Waals surface area contributed by atoms with Crippen molar-refractivity contribution >= 4 is 17.1 Å². The van der Waals surface area contributed by atoms with Crippen molar-refractivity contribution in [2.24, 2.45) is 10.4 Å². The molecule has 1 rings (SSSR count). The van der Waals surface area contributed by atoms with Gasteiger partial charge in [-0.05, 0) is 19.1 Å². The Labute approximate surface area is 98.2 Å². The van der Waals surface area contributed by atoms with Gasteiger partial charge in [-0.1, -0.05) is 4.91 Å². The first-order valence-corrected chi connectivity index (χ1v) is 4.33. The fourth-order valence-electron chi connectivity index (χ4n) is 1.27. The summed E-state index contributed by atoms with van der Waals surface area (Å²) < 4.78 is 0. The molecule has 0 spiro atoms. The minimum atomic E-state index is -1.05. The summed E-state index contributed by atoms with van der Waals surface area (Å²) in [6.45, 7) is 1.29. The SMILES string of the molecule is Cc1ccc(N=[N+]([O-])N=O)c([N+](=O)[O-])c1[N+](=O)[O-]. The van der Waals surface area contributed by atoms with Gasteiger partial charge in [0.25, 0.3) is 5.29 Å². The average molecular weight is 255 g/mol. The van der Waals surface area contributed by atoms with Crippen molar-refractivity contribution in [2.45, 2.75) is 6.92 Å². The van der Waals surface area contributed by atoms with Crippen LogP contribution in [0.25, 0.3) is 0 Å². The molecule has 0 unspecified atom stereocenters. The van der Waals surface area contributed by atoms with Crippen molar-refractivity contribution < 1.29 is 14.8 Å². The van der Waals surface area contributed by atoms with Crippen LogP contribution in [-0.4, -0.2) is 14.8 Å². The van der Waals surface area contributed by atoms with Crippen molar-refractivity contribution in [3.63, 3.8) is 0 Å². The number of nitroso groups, excluding NO2 is 1. The van der Waals surface area contributed by atoms with Crippen LogP contribution in [0.2, 0.25) is 0 Å². The molecular formula is C7H5N5O6. The first-order valence-electron chi connectivity index (χ1n) is 4.33. The molecular weight excluding hydrogens is 250 g/mol. The maximum atomic E-state index is 10.8. The second-order valence-corrected chi connectivity index (χ2v) is 3.05. The molecule has 0 aromatic heterocycles. The van der Waals surface area contributed by atoms with Crippen molar-refractivity contribution in [3.8, 4) is 0 Å². The van der Waals surface area contributed by atoms with E-state index in [-0.39, 0.29) is 5.56 Å². The molecule has 0 aliphatic carbocycles. The molecule has 11 heteroatoms. The van der Waals surface area contributed by atoms with Crippen LogP contribution >= 0.6 is 0 Å². The van der Waals surface area contributed by atoms with E-state index in [1.54, 1.807) is 0 Å². The molecule has 0 aliphatic heterocycles. The molecule has 0 saturated heterocycles. The molecule has 0 saturated carbocycles. The minimum absolute atomic E-state index is 0.0298. The zero-order valence-electron chi connectivity index (χ0n) is 8.84. The summed E-state index contributed by atoms with van der Waals surface area (Å²) in [5.41, 5.74) is -2.35. The Morgan fingerprint density at radius 2 is 1.61 bits per heavy atom. The molecule has 0 bridgehead atoms. The van der Waals surface area contributed by atoms with Crippen LogP contribution in [0.5, 0.6) is 0 Å². The molecule has 0 amide bonds. The minimum Gasteiger partial charge on any atom is -0.567 e. The van der Waals surface area contributed by atoms with E-state index in [2.05, 4.69) is 5.11 Å². The average Bonchev–Trinajstić information content (AvgIpc) is 2.29. The molecule has 94 valence electrons. The molecule has 1 aromatic rings. The van der Waals surface area contributed by atoms with Crippen LogP contribution in [0.3, 0.4) is 0 Å². The van der Waals surface area contributed by atoms with E-state index in [4.69, 9.17) is 0 Å². The number of nitrogens with zero attached hydrogens (tertiary/aromatic N) is 5. The van der Waals surface area contributed by atoms with Gasteiger partial charge in [0.15, 0.2) is 0 Å². The Kier molecular flexibility index (Phi) is 3.56. The van der Waals surface area contributed by atoms with Gasteiger partial charge in [-0.15, -0.1) is 0 Å². The van der Waals surface area contributed by atoms with E-state index < -0.39 is 31.9 Å². The summed E-state index contributed by atoms with van der Waals surface area (Å²) in [5, 5.41) is 36.9. The van der Waals surface area contributed by atoms with Gasteiger partial charge in [0, 0.05) is 5.56 Å². The molecule has 0 heterocycles. The van der Waals surface area contributed by atoms with Crippen LogP contribution < -0.4 is 0 Å². The van der Waals surface area contributed by atoms with Gasteiger partial charge in [0.1, 0.15) is 4.97 Å². The van der Waals surface area contributed by atoms with Crippen molar-refractivity contribution in [2.75, 3.05) is 0 Å². The number of rotatable bonds is 4. The lowest BCUT2D eigenvalue weighted by Gasteiger charge is -1.99. The van der Waals surface area contributed by atoms with E-state index in [1.807, 2.05) is 5.29 Å². The van der Waals surface area contributed by atoms with Crippen molar-refractivity contribution in [1.29, 1.82) is 0 Å². The standard InChI is InChI=1S/C7H5N5O6/c1-4-2-3-5(8-12(18)9-13)7(11(16)17)6(4)10(14)15/h2-3H,1H3. The molecule has 0 N–H and O–H groups in total. The third kappa shape index (κ3) is 2.40. The van der Waals surface area contributed by atoms with E-state index >= 15 is 0 Å². The molecule has 18 heavy (non-hydrogen) atoms. The topological polar surface area (TPSA) is 154 Å². The maximum Gasteiger partial charge on any atom is 0.377 e. The molecule has 0 radical (unpaired) electrons. The largest absolute Gasteiger partial charge is 0.567 e. The van der Waals surface area contributed by atoms with Gasteiger partial charge in [0.05, 0.1) is 15.0 Å². The fraction of sp³-hybridized carbons (Fsp3) is 0.143. The zero-order chi connectivity index (χ0) is 13.9. The fourth-order valence-corrected chi connectivity index (χ4v) is 1.27. The maximum absolute atomic E-state index is 10.8. The van der Waals surface area contributed by atoms with Crippen LogP contribution in [0.1, 0.15) is 5.56 Å². The van der Waals surface area contributed by atoms with E-state index in [0.29, 0.717) is 0 Å². The highest BCUT2D eigenvalue weighted by Crippen LogP contribution is 2.38. The quantitative estimate of drug-likeness (QED) is 0.263. The monoisotopic (exact) mass is 255 g/mol. The molecule has 1 aromatic carbocycles. The van der Waals surface area contributed by atoms with E-state index in [9.17, 15) is 30.3 Å². The summed E-state index contributed by atoms with van der Waals surface area (Å²) in [4.78, 5) is 28.6. The smallest absolute Gasteiger partial charge is 0.377 e. The van der Waals surface area contributed by atoms with Crippen molar-refractivity contribution in [1.82, 2.24) is 0 Å². The highest BCUT2D eigenvalue weighted by atomic mass is 16.6. The first-order chi connectivity index (χ1) is 8.38. The predicted molar refractivity (Wildman–Crippen MR) is 56.0 cm³/mol. The second kappa shape index (κ2) is 4.90.